The lowest BCUT2D eigenvalue weighted by molar-refractivity contribution is -0.803. The summed E-state index contributed by atoms with van der Waals surface area (Å²) in [5, 5.41) is 16.5. The van der Waals surface area contributed by atoms with Gasteiger partial charge in [0.2, 0.25) is 0 Å². The van der Waals surface area contributed by atoms with Crippen LogP contribution in [0.3, 0.4) is 0 Å². The summed E-state index contributed by atoms with van der Waals surface area (Å²) in [7, 11) is 0. The molecular formula is C7H12N4O3. The number of hydrogen-bond acceptors (Lipinski definition) is 5. The van der Waals surface area contributed by atoms with Crippen LogP contribution in [0.1, 0.15) is 30.3 Å². The van der Waals surface area contributed by atoms with E-state index >= 15 is 0 Å². The lowest BCUT2D eigenvalue weighted by Crippen LogP contribution is -2.37. The Balaban J connectivity index is 2.60. The lowest BCUT2D eigenvalue weighted by atomic mass is 10.3. The fraction of sp³-hybridized carbons (Fsp3) is 0.571. The second kappa shape index (κ2) is 4.45. The molecule has 78 valence electrons. The highest BCUT2D eigenvalue weighted by Crippen LogP contribution is 2.01. The molecule has 0 radical (unpaired) electrons. The largest absolute Gasteiger partial charge is 0.359 e. The number of amides is 1. The Morgan fingerprint density at radius 1 is 1.79 bits per heavy atom. The topological polar surface area (TPSA) is 108 Å². The summed E-state index contributed by atoms with van der Waals surface area (Å²) in [6.07, 6.45) is 1.80. The van der Waals surface area contributed by atoms with Crippen LogP contribution < -0.4 is 16.0 Å². The van der Waals surface area contributed by atoms with E-state index in [0.717, 1.165) is 12.8 Å². The maximum atomic E-state index is 11.3. The molecule has 1 heterocycles. The number of rotatable bonds is 4. The molecule has 14 heavy (non-hydrogen) atoms. The van der Waals surface area contributed by atoms with Gasteiger partial charge in [-0.2, -0.15) is 0 Å². The third-order valence-corrected chi connectivity index (χ3v) is 1.67. The standard InChI is InChI=1S/C7H12N4O3/c1-2-3-4-9-7(12)5-6(8)10-14-11(5)13/h2-4H2,1H3,(H2,8,10)(H,9,12). The first kappa shape index (κ1) is 10.3. The minimum atomic E-state index is -0.563. The summed E-state index contributed by atoms with van der Waals surface area (Å²) in [6, 6.07) is 0. The van der Waals surface area contributed by atoms with Crippen molar-refractivity contribution in [2.24, 2.45) is 0 Å². The van der Waals surface area contributed by atoms with Gasteiger partial charge in [-0.25, -0.2) is 0 Å². The molecule has 1 amide bonds. The fourth-order valence-electron chi connectivity index (χ4n) is 0.920. The molecule has 1 aromatic heterocycles. The molecule has 0 saturated heterocycles. The number of carbonyl (C=O) groups is 1. The molecule has 0 spiro atoms. The van der Waals surface area contributed by atoms with E-state index in [0.29, 0.717) is 6.54 Å². The van der Waals surface area contributed by atoms with Crippen LogP contribution in [0, 0.1) is 5.21 Å². The zero-order valence-electron chi connectivity index (χ0n) is 7.82. The Hall–Kier alpha value is -1.79. The van der Waals surface area contributed by atoms with Crippen LogP contribution in [0.2, 0.25) is 0 Å². The van der Waals surface area contributed by atoms with E-state index in [-0.39, 0.29) is 16.4 Å². The molecule has 7 heteroatoms. The Morgan fingerprint density at radius 2 is 2.50 bits per heavy atom. The van der Waals surface area contributed by atoms with Gasteiger partial charge in [-0.3, -0.25) is 9.42 Å². The molecular weight excluding hydrogens is 188 g/mol. The highest BCUT2D eigenvalue weighted by Gasteiger charge is 2.23. The Morgan fingerprint density at radius 3 is 3.00 bits per heavy atom. The predicted molar refractivity (Wildman–Crippen MR) is 47.1 cm³/mol. The first-order valence-electron chi connectivity index (χ1n) is 4.30. The van der Waals surface area contributed by atoms with E-state index in [2.05, 4.69) is 15.1 Å². The van der Waals surface area contributed by atoms with Crippen molar-refractivity contribution in [2.75, 3.05) is 12.3 Å². The smallest absolute Gasteiger partial charge is 0.318 e. The van der Waals surface area contributed by atoms with Gasteiger partial charge in [0, 0.05) is 6.54 Å². The lowest BCUT2D eigenvalue weighted by Gasteiger charge is -2.00. The van der Waals surface area contributed by atoms with Crippen LogP contribution in [0.25, 0.3) is 0 Å². The van der Waals surface area contributed by atoms with Crippen molar-refractivity contribution < 1.29 is 14.3 Å². The van der Waals surface area contributed by atoms with Crippen LogP contribution in [-0.2, 0) is 0 Å². The van der Waals surface area contributed by atoms with Crippen molar-refractivity contribution in [3.8, 4) is 0 Å². The van der Waals surface area contributed by atoms with Crippen molar-refractivity contribution >= 4 is 11.7 Å². The molecule has 1 rings (SSSR count). The number of nitrogens with one attached hydrogen (secondary N) is 1. The van der Waals surface area contributed by atoms with E-state index in [1.807, 2.05) is 6.92 Å². The third kappa shape index (κ3) is 2.12. The number of aromatic nitrogens is 2. The summed E-state index contributed by atoms with van der Waals surface area (Å²) in [5.41, 5.74) is 4.97. The molecule has 0 aliphatic heterocycles. The van der Waals surface area contributed by atoms with Crippen LogP contribution in [-0.4, -0.2) is 17.6 Å². The van der Waals surface area contributed by atoms with Gasteiger partial charge in [-0.15, -0.1) is 0 Å². The van der Waals surface area contributed by atoms with Crippen LogP contribution in [0.5, 0.6) is 0 Å². The number of nitrogens with two attached hydrogens (primary N) is 1. The Labute approximate surface area is 80.4 Å². The molecule has 3 N–H and O–H groups in total. The molecule has 7 nitrogen and oxygen atoms in total. The number of carbonyl (C=O) groups excluding carboxylic acids is 1. The maximum absolute atomic E-state index is 11.3. The quantitative estimate of drug-likeness (QED) is 0.499. The minimum Gasteiger partial charge on any atom is -0.359 e. The predicted octanol–water partition coefficient (Wildman–Crippen LogP) is -0.580. The number of anilines is 1. The average Bonchev–Trinajstić information content (AvgIpc) is 2.46. The van der Waals surface area contributed by atoms with Gasteiger partial charge >= 0.3 is 17.4 Å². The van der Waals surface area contributed by atoms with Gasteiger partial charge in [-0.1, -0.05) is 13.3 Å². The molecule has 0 aromatic carbocycles. The zero-order chi connectivity index (χ0) is 10.6. The number of unbranched alkanes of at least 4 members (excludes halogenated alkanes) is 1. The van der Waals surface area contributed by atoms with Gasteiger partial charge < -0.3 is 16.3 Å². The highest BCUT2D eigenvalue weighted by molar-refractivity contribution is 5.94. The van der Waals surface area contributed by atoms with Crippen molar-refractivity contribution in [1.82, 2.24) is 10.5 Å². The Bertz CT molecular complexity index is 303. The van der Waals surface area contributed by atoms with Crippen molar-refractivity contribution in [2.45, 2.75) is 19.8 Å². The Kier molecular flexibility index (Phi) is 3.27. The van der Waals surface area contributed by atoms with E-state index < -0.39 is 5.91 Å². The average molecular weight is 200 g/mol. The van der Waals surface area contributed by atoms with E-state index in [9.17, 15) is 10.0 Å². The van der Waals surface area contributed by atoms with Gasteiger partial charge in [0.1, 0.15) is 0 Å². The number of nitrogen functional groups attached to an aromatic ring is 1. The van der Waals surface area contributed by atoms with Gasteiger partial charge in [0.25, 0.3) is 0 Å². The van der Waals surface area contributed by atoms with E-state index in [4.69, 9.17) is 5.73 Å². The summed E-state index contributed by atoms with van der Waals surface area (Å²) in [5.74, 6) is -0.763. The molecule has 0 bridgehead atoms. The van der Waals surface area contributed by atoms with Crippen molar-refractivity contribution in [1.29, 1.82) is 0 Å². The minimum absolute atomic E-state index is 0.00336. The molecule has 0 saturated carbocycles. The molecule has 0 aliphatic rings. The zero-order valence-corrected chi connectivity index (χ0v) is 7.82. The highest BCUT2D eigenvalue weighted by atomic mass is 16.8. The van der Waals surface area contributed by atoms with Gasteiger partial charge in [0.15, 0.2) is 0 Å². The maximum Gasteiger partial charge on any atom is 0.318 e. The van der Waals surface area contributed by atoms with E-state index in [1.165, 1.54) is 0 Å². The van der Waals surface area contributed by atoms with E-state index in [1.54, 1.807) is 0 Å². The molecule has 0 atom stereocenters. The third-order valence-electron chi connectivity index (χ3n) is 1.67. The molecule has 0 unspecified atom stereocenters. The van der Waals surface area contributed by atoms with Crippen LogP contribution in [0.15, 0.2) is 4.63 Å². The van der Waals surface area contributed by atoms with Gasteiger partial charge in [-0.05, 0) is 11.3 Å². The first-order chi connectivity index (χ1) is 6.66. The molecule has 0 aliphatic carbocycles. The first-order valence-corrected chi connectivity index (χ1v) is 4.30. The van der Waals surface area contributed by atoms with Crippen molar-refractivity contribution in [3.05, 3.63) is 10.9 Å². The second-order valence-corrected chi connectivity index (χ2v) is 2.77. The summed E-state index contributed by atoms with van der Waals surface area (Å²) >= 11 is 0. The second-order valence-electron chi connectivity index (χ2n) is 2.77. The summed E-state index contributed by atoms with van der Waals surface area (Å²) in [6.45, 7) is 2.49. The fourth-order valence-corrected chi connectivity index (χ4v) is 0.920. The summed E-state index contributed by atoms with van der Waals surface area (Å²) in [4.78, 5) is 11.3. The van der Waals surface area contributed by atoms with Crippen LogP contribution in [0.4, 0.5) is 5.82 Å². The van der Waals surface area contributed by atoms with Gasteiger partial charge in [0.05, 0.1) is 5.16 Å². The van der Waals surface area contributed by atoms with Crippen LogP contribution >= 0.6 is 0 Å². The number of hydrogen-bond donors (Lipinski definition) is 2. The molecule has 0 fully saturated rings. The normalized spacial score (nSPS) is 10.1. The summed E-state index contributed by atoms with van der Waals surface area (Å²) < 4.78 is 4.15. The monoisotopic (exact) mass is 200 g/mol. The molecule has 1 aromatic rings. The number of nitrogens with zero attached hydrogens (tertiary/aromatic N) is 2. The van der Waals surface area contributed by atoms with Crippen molar-refractivity contribution in [3.63, 3.8) is 0 Å². The SMILES string of the molecule is CCCCNC(=O)c1c(N)no[n+]1[O-].